The molecule has 3 heterocycles. The molecule has 0 radical (unpaired) electrons. The summed E-state index contributed by atoms with van der Waals surface area (Å²) in [6.45, 7) is 2.72. The maximum absolute atomic E-state index is 12.1. The third-order valence-electron chi connectivity index (χ3n) is 3.59. The molecule has 0 aliphatic rings. The number of carbonyl (C=O) groups excluding carboxylic acids is 2. The summed E-state index contributed by atoms with van der Waals surface area (Å²) in [7, 11) is 0. The highest BCUT2D eigenvalue weighted by atomic mass is 32.1. The normalized spacial score (nSPS) is 10.5. The van der Waals surface area contributed by atoms with Gasteiger partial charge in [-0.05, 0) is 36.9 Å². The summed E-state index contributed by atoms with van der Waals surface area (Å²) in [4.78, 5) is 29.0. The Morgan fingerprint density at radius 1 is 1.15 bits per heavy atom. The highest BCUT2D eigenvalue weighted by molar-refractivity contribution is 7.13. The molecule has 7 nitrogen and oxygen atoms in total. The van der Waals surface area contributed by atoms with Gasteiger partial charge in [-0.3, -0.25) is 14.6 Å². The Hall–Kier alpha value is -3.00. The molecule has 0 atom stereocenters. The first-order valence-electron chi connectivity index (χ1n) is 8.13. The van der Waals surface area contributed by atoms with Gasteiger partial charge in [0.25, 0.3) is 11.8 Å². The zero-order valence-electron chi connectivity index (χ0n) is 14.2. The van der Waals surface area contributed by atoms with Crippen molar-refractivity contribution in [2.24, 2.45) is 0 Å². The van der Waals surface area contributed by atoms with Crippen LogP contribution in [0.4, 0.5) is 0 Å². The SMILES string of the molecule is Cc1cc(C(=O)NCCCNC(=O)c2cc(-c3cccs3)on2)ccn1. The second-order valence-corrected chi connectivity index (χ2v) is 6.55. The van der Waals surface area contributed by atoms with Crippen molar-refractivity contribution >= 4 is 23.2 Å². The fourth-order valence-electron chi connectivity index (χ4n) is 2.29. The van der Waals surface area contributed by atoms with E-state index < -0.39 is 0 Å². The molecule has 3 rings (SSSR count). The standard InChI is InChI=1S/C18H18N4O3S/c1-12-10-13(5-8-19-12)17(23)20-6-3-7-21-18(24)14-11-15(25-22-14)16-4-2-9-26-16/h2,4-5,8-11H,3,6-7H2,1H3,(H,20,23)(H,21,24). The Balaban J connectivity index is 1.40. The van der Waals surface area contributed by atoms with Crippen LogP contribution in [0.1, 0.15) is 33.0 Å². The highest BCUT2D eigenvalue weighted by Gasteiger charge is 2.13. The van der Waals surface area contributed by atoms with E-state index >= 15 is 0 Å². The first-order valence-corrected chi connectivity index (χ1v) is 9.01. The van der Waals surface area contributed by atoms with Crippen LogP contribution in [0.2, 0.25) is 0 Å². The predicted molar refractivity (Wildman–Crippen MR) is 98.1 cm³/mol. The van der Waals surface area contributed by atoms with Gasteiger partial charge in [-0.25, -0.2) is 0 Å². The molecule has 0 aliphatic carbocycles. The van der Waals surface area contributed by atoms with Crippen molar-refractivity contribution in [1.29, 1.82) is 0 Å². The minimum atomic E-state index is -0.298. The van der Waals surface area contributed by atoms with Crippen molar-refractivity contribution < 1.29 is 14.1 Å². The lowest BCUT2D eigenvalue weighted by Gasteiger charge is -2.06. The maximum Gasteiger partial charge on any atom is 0.273 e. The number of aromatic nitrogens is 2. The van der Waals surface area contributed by atoms with Gasteiger partial charge in [0.1, 0.15) is 0 Å². The van der Waals surface area contributed by atoms with Crippen LogP contribution in [0, 0.1) is 6.92 Å². The van der Waals surface area contributed by atoms with Crippen LogP contribution in [0.25, 0.3) is 10.6 Å². The van der Waals surface area contributed by atoms with Crippen LogP contribution in [0.15, 0.2) is 46.4 Å². The van der Waals surface area contributed by atoms with Gasteiger partial charge in [-0.1, -0.05) is 11.2 Å². The molecule has 0 fully saturated rings. The molecule has 0 saturated heterocycles. The molecule has 0 unspecified atom stereocenters. The van der Waals surface area contributed by atoms with Crippen LogP contribution in [-0.4, -0.2) is 35.0 Å². The molecular formula is C18H18N4O3S. The summed E-state index contributed by atoms with van der Waals surface area (Å²) >= 11 is 1.52. The van der Waals surface area contributed by atoms with Gasteiger partial charge in [0.15, 0.2) is 11.5 Å². The Labute approximate surface area is 154 Å². The van der Waals surface area contributed by atoms with Crippen LogP contribution < -0.4 is 10.6 Å². The third-order valence-corrected chi connectivity index (χ3v) is 4.47. The van der Waals surface area contributed by atoms with Crippen LogP contribution in [-0.2, 0) is 0 Å². The quantitative estimate of drug-likeness (QED) is 0.623. The summed E-state index contributed by atoms with van der Waals surface area (Å²) in [5, 5.41) is 11.3. The molecule has 134 valence electrons. The number of hydrogen-bond donors (Lipinski definition) is 2. The van der Waals surface area contributed by atoms with E-state index in [1.165, 1.54) is 11.3 Å². The summed E-state index contributed by atoms with van der Waals surface area (Å²) in [6.07, 6.45) is 2.21. The van der Waals surface area contributed by atoms with Crippen LogP contribution in [0.5, 0.6) is 0 Å². The fraction of sp³-hybridized carbons (Fsp3) is 0.222. The van der Waals surface area contributed by atoms with Crippen molar-refractivity contribution in [1.82, 2.24) is 20.8 Å². The molecule has 0 aromatic carbocycles. The number of carbonyl (C=O) groups is 2. The van der Waals surface area contributed by atoms with Gasteiger partial charge in [0, 0.05) is 36.6 Å². The fourth-order valence-corrected chi connectivity index (χ4v) is 2.96. The first-order chi connectivity index (χ1) is 12.6. The van der Waals surface area contributed by atoms with E-state index in [4.69, 9.17) is 4.52 Å². The van der Waals surface area contributed by atoms with Crippen molar-refractivity contribution in [3.05, 3.63) is 58.9 Å². The van der Waals surface area contributed by atoms with Gasteiger partial charge in [0.2, 0.25) is 0 Å². The number of hydrogen-bond acceptors (Lipinski definition) is 6. The van der Waals surface area contributed by atoms with E-state index in [1.54, 1.807) is 24.4 Å². The average Bonchev–Trinajstić information content (AvgIpc) is 3.32. The number of amides is 2. The molecule has 2 N–H and O–H groups in total. The zero-order valence-corrected chi connectivity index (χ0v) is 15.0. The van der Waals surface area contributed by atoms with E-state index in [1.807, 2.05) is 24.4 Å². The average molecular weight is 370 g/mol. The van der Waals surface area contributed by atoms with Crippen LogP contribution >= 0.6 is 11.3 Å². The topological polar surface area (TPSA) is 97.1 Å². The number of aryl methyl sites for hydroxylation is 1. The first kappa shape index (κ1) is 17.8. The molecule has 3 aromatic heterocycles. The van der Waals surface area contributed by atoms with Gasteiger partial charge in [-0.2, -0.15) is 0 Å². The molecule has 3 aromatic rings. The number of thiophene rings is 1. The largest absolute Gasteiger partial charge is 0.355 e. The molecule has 26 heavy (non-hydrogen) atoms. The monoisotopic (exact) mass is 370 g/mol. The van der Waals surface area contributed by atoms with Gasteiger partial charge < -0.3 is 15.2 Å². The lowest BCUT2D eigenvalue weighted by atomic mass is 10.2. The second kappa shape index (κ2) is 8.39. The number of pyridine rings is 1. The lowest BCUT2D eigenvalue weighted by Crippen LogP contribution is -2.30. The third kappa shape index (κ3) is 4.54. The minimum Gasteiger partial charge on any atom is -0.355 e. The van der Waals surface area contributed by atoms with Crippen molar-refractivity contribution in [2.45, 2.75) is 13.3 Å². The Kier molecular flexibility index (Phi) is 5.75. The van der Waals surface area contributed by atoms with E-state index in [2.05, 4.69) is 20.8 Å². The van der Waals surface area contributed by atoms with Crippen molar-refractivity contribution in [3.63, 3.8) is 0 Å². The Morgan fingerprint density at radius 3 is 2.69 bits per heavy atom. The molecule has 0 bridgehead atoms. The molecule has 0 aliphatic heterocycles. The Bertz CT molecular complexity index is 889. The van der Waals surface area contributed by atoms with Gasteiger partial charge in [-0.15, -0.1) is 11.3 Å². The predicted octanol–water partition coefficient (Wildman–Crippen LogP) is 2.66. The summed E-state index contributed by atoms with van der Waals surface area (Å²) in [5.74, 6) is 0.122. The smallest absolute Gasteiger partial charge is 0.273 e. The molecule has 0 spiro atoms. The maximum atomic E-state index is 12.1. The summed E-state index contributed by atoms with van der Waals surface area (Å²) < 4.78 is 5.19. The van der Waals surface area contributed by atoms with E-state index in [-0.39, 0.29) is 17.5 Å². The van der Waals surface area contributed by atoms with Gasteiger partial charge in [0.05, 0.1) is 4.88 Å². The number of nitrogens with one attached hydrogen (secondary N) is 2. The van der Waals surface area contributed by atoms with E-state index in [0.717, 1.165) is 10.6 Å². The number of nitrogens with zero attached hydrogens (tertiary/aromatic N) is 2. The minimum absolute atomic E-state index is 0.154. The molecule has 8 heteroatoms. The van der Waals surface area contributed by atoms with E-state index in [9.17, 15) is 9.59 Å². The Morgan fingerprint density at radius 2 is 1.96 bits per heavy atom. The van der Waals surface area contributed by atoms with Gasteiger partial charge >= 0.3 is 0 Å². The van der Waals surface area contributed by atoms with Crippen molar-refractivity contribution in [3.8, 4) is 10.6 Å². The van der Waals surface area contributed by atoms with Crippen molar-refractivity contribution in [2.75, 3.05) is 13.1 Å². The van der Waals surface area contributed by atoms with E-state index in [0.29, 0.717) is 30.8 Å². The highest BCUT2D eigenvalue weighted by Crippen LogP contribution is 2.24. The summed E-state index contributed by atoms with van der Waals surface area (Å²) in [5.41, 5.74) is 1.61. The molecular weight excluding hydrogens is 352 g/mol. The van der Waals surface area contributed by atoms with Crippen LogP contribution in [0.3, 0.4) is 0 Å². The zero-order chi connectivity index (χ0) is 18.4. The lowest BCUT2D eigenvalue weighted by molar-refractivity contribution is 0.0944. The number of rotatable bonds is 7. The molecule has 0 saturated carbocycles. The summed E-state index contributed by atoms with van der Waals surface area (Å²) in [6, 6.07) is 8.82. The molecule has 2 amide bonds. The second-order valence-electron chi connectivity index (χ2n) is 5.60.